The van der Waals surface area contributed by atoms with Crippen LogP contribution in [0.3, 0.4) is 0 Å². The van der Waals surface area contributed by atoms with Crippen LogP contribution in [0.15, 0.2) is 52.0 Å². The predicted octanol–water partition coefficient (Wildman–Crippen LogP) is -0.207. The first-order valence-corrected chi connectivity index (χ1v) is 10.9. The molecule has 0 saturated heterocycles. The molecule has 31 heavy (non-hydrogen) atoms. The van der Waals surface area contributed by atoms with Gasteiger partial charge in [-0.25, -0.2) is 13.6 Å². The second-order valence-electron chi connectivity index (χ2n) is 6.90. The third-order valence-corrected chi connectivity index (χ3v) is 5.82. The van der Waals surface area contributed by atoms with Gasteiger partial charge in [-0.3, -0.25) is 4.79 Å². The lowest BCUT2D eigenvalue weighted by atomic mass is 10.1. The van der Waals surface area contributed by atoms with Crippen LogP contribution in [0.4, 0.5) is 5.69 Å². The number of hydrogen-bond donors (Lipinski definition) is 3. The van der Waals surface area contributed by atoms with Crippen molar-refractivity contribution in [2.45, 2.75) is 32.2 Å². The number of hydrogen-bond acceptors (Lipinski definition) is 5. The summed E-state index contributed by atoms with van der Waals surface area (Å²) in [7, 11) is -4.12. The molecular formula is C20H22Cl2N4O4S. The summed E-state index contributed by atoms with van der Waals surface area (Å²) < 4.78 is 30.7. The van der Waals surface area contributed by atoms with Crippen molar-refractivity contribution in [3.8, 4) is 0 Å². The lowest BCUT2D eigenvalue weighted by Gasteiger charge is -2.14. The average Bonchev–Trinajstić information content (AvgIpc) is 3.15. The molecule has 0 aliphatic rings. The Bertz CT molecular complexity index is 1190. The first-order valence-electron chi connectivity index (χ1n) is 9.00. The SMILES string of the molecule is Cc1cc(C)[n+](NC(=O)c2cc(S(N)(=O)=O)c(Cl)cc2NCc2ccco2)c(C)c1.[Cl-]. The first kappa shape index (κ1) is 24.7. The Hall–Kier alpha value is -2.59. The van der Waals surface area contributed by atoms with Crippen molar-refractivity contribution in [2.75, 3.05) is 10.7 Å². The highest BCUT2D eigenvalue weighted by Gasteiger charge is 2.24. The first-order chi connectivity index (χ1) is 14.1. The monoisotopic (exact) mass is 484 g/mol. The summed E-state index contributed by atoms with van der Waals surface area (Å²) >= 11 is 6.12. The van der Waals surface area contributed by atoms with Crippen molar-refractivity contribution < 1.29 is 34.7 Å². The van der Waals surface area contributed by atoms with E-state index in [1.807, 2.05) is 32.9 Å². The van der Waals surface area contributed by atoms with Crippen LogP contribution in [-0.2, 0) is 16.6 Å². The zero-order valence-electron chi connectivity index (χ0n) is 17.1. The van der Waals surface area contributed by atoms with Gasteiger partial charge in [0.25, 0.3) is 0 Å². The van der Waals surface area contributed by atoms with E-state index in [0.717, 1.165) is 23.0 Å². The molecule has 2 aromatic heterocycles. The second kappa shape index (κ2) is 9.69. The number of pyridine rings is 1. The number of halogens is 2. The Kier molecular flexibility index (Phi) is 7.72. The summed E-state index contributed by atoms with van der Waals surface area (Å²) in [5, 5.41) is 8.23. The fraction of sp³-hybridized carbons (Fsp3) is 0.200. The number of nitrogens with zero attached hydrogens (tertiary/aromatic N) is 1. The van der Waals surface area contributed by atoms with Crippen molar-refractivity contribution >= 4 is 33.2 Å². The zero-order chi connectivity index (χ0) is 22.1. The number of nitrogens with one attached hydrogen (secondary N) is 2. The number of furan rings is 1. The zero-order valence-corrected chi connectivity index (χ0v) is 19.4. The van der Waals surface area contributed by atoms with Gasteiger partial charge in [0.15, 0.2) is 0 Å². The maximum absolute atomic E-state index is 13.1. The summed E-state index contributed by atoms with van der Waals surface area (Å²) in [6.07, 6.45) is 1.53. The van der Waals surface area contributed by atoms with Gasteiger partial charge in [-0.2, -0.15) is 0 Å². The van der Waals surface area contributed by atoms with Gasteiger partial charge in [0.1, 0.15) is 10.7 Å². The number of benzene rings is 1. The van der Waals surface area contributed by atoms with Crippen molar-refractivity contribution in [3.63, 3.8) is 0 Å². The number of primary sulfonamides is 1. The van der Waals surface area contributed by atoms with E-state index in [1.54, 1.807) is 16.8 Å². The molecule has 0 radical (unpaired) electrons. The molecule has 11 heteroatoms. The minimum absolute atomic E-state index is 0. The summed E-state index contributed by atoms with van der Waals surface area (Å²) in [5.41, 5.74) is 5.88. The molecule has 0 unspecified atom stereocenters. The van der Waals surface area contributed by atoms with Crippen LogP contribution in [0.2, 0.25) is 5.02 Å². The van der Waals surface area contributed by atoms with Crippen LogP contribution in [0.1, 0.15) is 33.1 Å². The Labute approximate surface area is 191 Å². The van der Waals surface area contributed by atoms with Crippen molar-refractivity contribution in [1.29, 1.82) is 0 Å². The van der Waals surface area contributed by atoms with Crippen LogP contribution in [0, 0.1) is 20.8 Å². The van der Waals surface area contributed by atoms with Crippen LogP contribution >= 0.6 is 11.6 Å². The smallest absolute Gasteiger partial charge is 0.307 e. The van der Waals surface area contributed by atoms with Crippen molar-refractivity contribution in [2.24, 2.45) is 5.14 Å². The Morgan fingerprint density at radius 1 is 1.16 bits per heavy atom. The van der Waals surface area contributed by atoms with Gasteiger partial charge in [0.05, 0.1) is 23.4 Å². The average molecular weight is 485 g/mol. The number of nitrogens with two attached hydrogens (primary N) is 1. The number of rotatable bonds is 6. The molecule has 1 aromatic carbocycles. The molecule has 0 fully saturated rings. The highest BCUT2D eigenvalue weighted by Crippen LogP contribution is 2.29. The molecule has 0 saturated carbocycles. The normalized spacial score (nSPS) is 11.0. The predicted molar refractivity (Wildman–Crippen MR) is 113 cm³/mol. The number of sulfonamides is 1. The molecule has 0 aliphatic carbocycles. The summed E-state index contributed by atoms with van der Waals surface area (Å²) in [4.78, 5) is 12.8. The number of aromatic nitrogens is 1. The Morgan fingerprint density at radius 2 is 1.81 bits per heavy atom. The van der Waals surface area contributed by atoms with Gasteiger partial charge in [-0.15, -0.1) is 5.43 Å². The highest BCUT2D eigenvalue weighted by molar-refractivity contribution is 7.89. The van der Waals surface area contributed by atoms with Gasteiger partial charge >= 0.3 is 5.91 Å². The molecule has 8 nitrogen and oxygen atoms in total. The number of anilines is 1. The number of amides is 1. The molecule has 0 spiro atoms. The van der Waals surface area contributed by atoms with Crippen LogP contribution in [0.5, 0.6) is 0 Å². The molecule has 3 aromatic rings. The Morgan fingerprint density at radius 3 is 2.35 bits per heavy atom. The van der Waals surface area contributed by atoms with E-state index in [-0.39, 0.29) is 34.4 Å². The summed E-state index contributed by atoms with van der Waals surface area (Å²) in [6, 6.07) is 9.86. The molecular weight excluding hydrogens is 463 g/mol. The van der Waals surface area contributed by atoms with E-state index in [2.05, 4.69) is 10.7 Å². The minimum Gasteiger partial charge on any atom is -1.00 e. The summed E-state index contributed by atoms with van der Waals surface area (Å²) in [6.45, 7) is 5.94. The molecule has 2 heterocycles. The van der Waals surface area contributed by atoms with E-state index in [1.165, 1.54) is 12.3 Å². The third-order valence-electron chi connectivity index (χ3n) is 4.45. The fourth-order valence-electron chi connectivity index (χ4n) is 3.15. The topological polar surface area (TPSA) is 118 Å². The molecule has 0 atom stereocenters. The molecule has 166 valence electrons. The van der Waals surface area contributed by atoms with Crippen molar-refractivity contribution in [1.82, 2.24) is 0 Å². The molecule has 1 amide bonds. The number of aryl methyl sites for hydroxylation is 3. The number of carbonyl (C=O) groups excluding carboxylic acids is 1. The van der Waals surface area contributed by atoms with Gasteiger partial charge < -0.3 is 22.1 Å². The van der Waals surface area contributed by atoms with Crippen LogP contribution in [0.25, 0.3) is 0 Å². The molecule has 4 N–H and O–H groups in total. The standard InChI is InChI=1S/C20H21ClN4O4S.ClH/c1-12-7-13(2)25(14(3)8-12)24-20(26)16-9-19(30(22,27)28)17(21)10-18(16)23-11-15-5-4-6-29-15;/h4-10H,11H2,1-3H3,(H3-,22,23,24,26,27,28);1H. The van der Waals surface area contributed by atoms with Crippen molar-refractivity contribution in [3.05, 3.63) is 76.0 Å². The van der Waals surface area contributed by atoms with Gasteiger partial charge in [0.2, 0.25) is 21.4 Å². The van der Waals surface area contributed by atoms with E-state index < -0.39 is 15.9 Å². The lowest BCUT2D eigenvalue weighted by molar-refractivity contribution is -0.654. The molecule has 0 aliphatic heterocycles. The number of carbonyl (C=O) groups is 1. The van der Waals surface area contributed by atoms with Gasteiger partial charge in [0, 0.05) is 31.7 Å². The maximum atomic E-state index is 13.1. The quantitative estimate of drug-likeness (QED) is 0.418. The Balaban J connectivity index is 0.00000341. The van der Waals surface area contributed by atoms with Crippen LogP contribution in [-0.4, -0.2) is 14.3 Å². The fourth-order valence-corrected chi connectivity index (χ4v) is 4.25. The van der Waals surface area contributed by atoms with Crippen LogP contribution < -0.4 is 33.0 Å². The third kappa shape index (κ3) is 5.76. The maximum Gasteiger partial charge on any atom is 0.307 e. The largest absolute Gasteiger partial charge is 1.00 e. The lowest BCUT2D eigenvalue weighted by Crippen LogP contribution is -3.00. The summed E-state index contributed by atoms with van der Waals surface area (Å²) in [5.74, 6) is 0.103. The molecule has 3 rings (SSSR count). The van der Waals surface area contributed by atoms with Gasteiger partial charge in [-0.1, -0.05) is 16.3 Å². The van der Waals surface area contributed by atoms with E-state index in [9.17, 15) is 13.2 Å². The second-order valence-corrected chi connectivity index (χ2v) is 8.83. The van der Waals surface area contributed by atoms with E-state index in [0.29, 0.717) is 11.4 Å². The molecule has 0 bridgehead atoms. The highest BCUT2D eigenvalue weighted by atomic mass is 35.5. The van der Waals surface area contributed by atoms with E-state index >= 15 is 0 Å². The van der Waals surface area contributed by atoms with Gasteiger partial charge in [-0.05, 0) is 36.8 Å². The minimum atomic E-state index is -4.12. The van der Waals surface area contributed by atoms with E-state index in [4.69, 9.17) is 21.2 Å².